The number of nitrogens with zero attached hydrogens (tertiary/aromatic N) is 2. The van der Waals surface area contributed by atoms with Crippen LogP contribution in [0.25, 0.3) is 11.1 Å². The van der Waals surface area contributed by atoms with Crippen molar-refractivity contribution in [3.05, 3.63) is 88.7 Å². The number of alkyl halides is 3. The van der Waals surface area contributed by atoms with Gasteiger partial charge in [0.2, 0.25) is 0 Å². The number of aryl methyl sites for hydroxylation is 1. The van der Waals surface area contributed by atoms with Crippen LogP contribution < -0.4 is 5.01 Å². The largest absolute Gasteiger partial charge is 0.481 e. The van der Waals surface area contributed by atoms with Gasteiger partial charge in [0.05, 0.1) is 24.8 Å². The number of benzene rings is 3. The summed E-state index contributed by atoms with van der Waals surface area (Å²) < 4.78 is 55.4. The number of hydrogen-bond acceptors (Lipinski definition) is 4. The molecule has 5 nitrogen and oxygen atoms in total. The first-order valence-corrected chi connectivity index (χ1v) is 12.1. The molecule has 4 rings (SSSR count). The molecule has 3 aromatic rings. The Morgan fingerprint density at radius 3 is 2.26 bits per heavy atom. The summed E-state index contributed by atoms with van der Waals surface area (Å²) in [5.41, 5.74) is 2.38. The fraction of sp³-hybridized carbons (Fsp3) is 0.310. The molecule has 1 unspecified atom stereocenters. The molecule has 0 saturated carbocycles. The predicted octanol–water partition coefficient (Wildman–Crippen LogP) is 6.49. The van der Waals surface area contributed by atoms with Crippen LogP contribution in [0.1, 0.15) is 42.5 Å². The third-order valence-electron chi connectivity index (χ3n) is 7.05. The molecule has 0 bridgehead atoms. The molecule has 3 aromatic carbocycles. The number of halogens is 4. The molecule has 0 amide bonds. The summed E-state index contributed by atoms with van der Waals surface area (Å²) in [7, 11) is 0. The lowest BCUT2D eigenvalue weighted by Gasteiger charge is -2.32. The van der Waals surface area contributed by atoms with Crippen molar-refractivity contribution >= 4 is 17.4 Å². The topological polar surface area (TPSA) is 73.1 Å². The number of carboxylic acids is 1. The highest BCUT2D eigenvalue weighted by atomic mass is 19.4. The summed E-state index contributed by atoms with van der Waals surface area (Å²) in [5.74, 6) is -1.59. The number of aliphatic hydroxyl groups is 1. The average Bonchev–Trinajstić information content (AvgIpc) is 3.11. The molecule has 0 radical (unpaired) electrons. The predicted molar refractivity (Wildman–Crippen MR) is 138 cm³/mol. The van der Waals surface area contributed by atoms with Crippen molar-refractivity contribution in [3.63, 3.8) is 0 Å². The van der Waals surface area contributed by atoms with Crippen LogP contribution in [0, 0.1) is 18.2 Å². The number of anilines is 1. The third-order valence-corrected chi connectivity index (χ3v) is 7.05. The lowest BCUT2D eigenvalue weighted by molar-refractivity contribution is -0.137. The van der Waals surface area contributed by atoms with E-state index in [2.05, 4.69) is 5.10 Å². The van der Waals surface area contributed by atoms with E-state index in [1.165, 1.54) is 26.0 Å². The van der Waals surface area contributed by atoms with E-state index in [0.717, 1.165) is 21.7 Å². The Hall–Kier alpha value is -3.72. The first kappa shape index (κ1) is 27.3. The standard InChI is InChI=1S/C29H28F4N2O3/c1-17-12-21(23-14-19(16-36)6-11-24(23)30)8-7-20(17)13-18-4-9-22(10-5-18)35-25(15-26(37)38)28(2,3)27(34-35)29(31,32)33/h4-12,14,25,36H,13,15-16H2,1-3H3,(H,37,38). The van der Waals surface area contributed by atoms with Crippen LogP contribution in [0.4, 0.5) is 23.2 Å². The second-order valence-corrected chi connectivity index (χ2v) is 10.1. The molecule has 0 aliphatic carbocycles. The molecule has 1 aliphatic rings. The van der Waals surface area contributed by atoms with Gasteiger partial charge in [-0.1, -0.05) is 50.2 Å². The van der Waals surface area contributed by atoms with Gasteiger partial charge in [-0.05, 0) is 65.4 Å². The fourth-order valence-corrected chi connectivity index (χ4v) is 4.88. The Morgan fingerprint density at radius 1 is 1.03 bits per heavy atom. The number of carbonyl (C=O) groups is 1. The van der Waals surface area contributed by atoms with Crippen LogP contribution >= 0.6 is 0 Å². The van der Waals surface area contributed by atoms with Gasteiger partial charge in [0.15, 0.2) is 0 Å². The number of rotatable bonds is 7. The van der Waals surface area contributed by atoms with E-state index in [1.807, 2.05) is 25.1 Å². The van der Waals surface area contributed by atoms with Gasteiger partial charge in [-0.3, -0.25) is 9.80 Å². The summed E-state index contributed by atoms with van der Waals surface area (Å²) in [6, 6.07) is 15.9. The highest BCUT2D eigenvalue weighted by Gasteiger charge is 2.55. The molecule has 1 heterocycles. The van der Waals surface area contributed by atoms with Gasteiger partial charge >= 0.3 is 12.1 Å². The van der Waals surface area contributed by atoms with E-state index in [9.17, 15) is 32.6 Å². The monoisotopic (exact) mass is 528 g/mol. The van der Waals surface area contributed by atoms with Gasteiger partial charge < -0.3 is 10.2 Å². The van der Waals surface area contributed by atoms with E-state index in [1.54, 1.807) is 30.3 Å². The first-order chi connectivity index (χ1) is 17.8. The van der Waals surface area contributed by atoms with Crippen molar-refractivity contribution in [1.82, 2.24) is 0 Å². The minimum atomic E-state index is -4.68. The second-order valence-electron chi connectivity index (χ2n) is 10.1. The molecule has 200 valence electrons. The lowest BCUT2D eigenvalue weighted by atomic mass is 9.78. The van der Waals surface area contributed by atoms with Crippen LogP contribution in [0.3, 0.4) is 0 Å². The van der Waals surface area contributed by atoms with Crippen molar-refractivity contribution in [2.45, 2.75) is 52.4 Å². The van der Waals surface area contributed by atoms with Gasteiger partial charge in [-0.25, -0.2) is 4.39 Å². The van der Waals surface area contributed by atoms with E-state index >= 15 is 0 Å². The maximum absolute atomic E-state index is 14.4. The maximum atomic E-state index is 14.4. The highest BCUT2D eigenvalue weighted by Crippen LogP contribution is 2.44. The Bertz CT molecular complexity index is 1380. The SMILES string of the molecule is Cc1cc(-c2cc(CO)ccc2F)ccc1Cc1ccc(N2N=C(C(F)(F)F)C(C)(C)C2CC(=O)O)cc1. The Morgan fingerprint density at radius 2 is 1.68 bits per heavy atom. The molecule has 1 aliphatic heterocycles. The summed E-state index contributed by atoms with van der Waals surface area (Å²) in [6.45, 7) is 4.45. The summed E-state index contributed by atoms with van der Waals surface area (Å²) >= 11 is 0. The number of carboxylic acid groups (broad SMARTS) is 1. The molecular formula is C29H28F4N2O3. The molecule has 0 aromatic heterocycles. The number of aliphatic carboxylic acids is 1. The third kappa shape index (κ3) is 5.43. The molecule has 0 fully saturated rings. The Labute approximate surface area is 218 Å². The molecule has 0 saturated heterocycles. The van der Waals surface area contributed by atoms with Gasteiger partial charge in [0.1, 0.15) is 11.5 Å². The Balaban J connectivity index is 1.58. The number of hydrogen-bond donors (Lipinski definition) is 2. The van der Waals surface area contributed by atoms with Gasteiger partial charge in [0, 0.05) is 11.0 Å². The lowest BCUT2D eigenvalue weighted by Crippen LogP contribution is -2.45. The quantitative estimate of drug-likeness (QED) is 0.344. The maximum Gasteiger partial charge on any atom is 0.431 e. The number of hydrazone groups is 1. The van der Waals surface area contributed by atoms with Crippen molar-refractivity contribution in [2.75, 3.05) is 5.01 Å². The van der Waals surface area contributed by atoms with E-state index in [4.69, 9.17) is 0 Å². The van der Waals surface area contributed by atoms with E-state index < -0.39 is 35.7 Å². The zero-order valence-electron chi connectivity index (χ0n) is 21.2. The van der Waals surface area contributed by atoms with E-state index in [-0.39, 0.29) is 12.4 Å². The zero-order valence-corrected chi connectivity index (χ0v) is 21.2. The van der Waals surface area contributed by atoms with Crippen molar-refractivity contribution in [3.8, 4) is 11.1 Å². The fourth-order valence-electron chi connectivity index (χ4n) is 4.88. The molecule has 9 heteroatoms. The molecule has 38 heavy (non-hydrogen) atoms. The zero-order chi connectivity index (χ0) is 27.8. The van der Waals surface area contributed by atoms with Crippen molar-refractivity contribution in [2.24, 2.45) is 10.5 Å². The van der Waals surface area contributed by atoms with Crippen LogP contribution in [0.2, 0.25) is 0 Å². The minimum absolute atomic E-state index is 0.185. The van der Waals surface area contributed by atoms with Crippen molar-refractivity contribution < 1.29 is 32.6 Å². The van der Waals surface area contributed by atoms with Crippen LogP contribution in [0.15, 0.2) is 65.8 Å². The summed E-state index contributed by atoms with van der Waals surface area (Å²) in [4.78, 5) is 11.4. The molecule has 1 atom stereocenters. The van der Waals surface area contributed by atoms with Crippen LogP contribution in [-0.2, 0) is 17.8 Å². The van der Waals surface area contributed by atoms with Crippen molar-refractivity contribution in [1.29, 1.82) is 0 Å². The molecule has 0 spiro atoms. The normalized spacial score (nSPS) is 17.0. The Kier molecular flexibility index (Phi) is 7.34. The van der Waals surface area contributed by atoms with Gasteiger partial charge in [0.25, 0.3) is 0 Å². The van der Waals surface area contributed by atoms with Crippen LogP contribution in [0.5, 0.6) is 0 Å². The van der Waals surface area contributed by atoms with Gasteiger partial charge in [-0.15, -0.1) is 0 Å². The summed E-state index contributed by atoms with van der Waals surface area (Å²) in [6.07, 6.45) is -4.64. The average molecular weight is 529 g/mol. The highest BCUT2D eigenvalue weighted by molar-refractivity contribution is 5.98. The minimum Gasteiger partial charge on any atom is -0.481 e. The molecule has 2 N–H and O–H groups in total. The smallest absolute Gasteiger partial charge is 0.431 e. The number of aliphatic hydroxyl groups excluding tert-OH is 1. The van der Waals surface area contributed by atoms with E-state index in [0.29, 0.717) is 28.8 Å². The molecular weight excluding hydrogens is 500 g/mol. The summed E-state index contributed by atoms with van der Waals surface area (Å²) in [5, 5.41) is 23.7. The second kappa shape index (κ2) is 10.2. The van der Waals surface area contributed by atoms with Gasteiger partial charge in [-0.2, -0.15) is 18.3 Å². The first-order valence-electron chi connectivity index (χ1n) is 12.1. The van der Waals surface area contributed by atoms with Crippen LogP contribution in [-0.4, -0.2) is 34.1 Å².